The standard InChI is InChI=1S/C28H27BrFN5O6/c29-15-11-20(28(39)34-9-7-17(36)8-10-34)26(24(12-15)35(40)41)32-22-3-1-2-4-23(22)33-27(38)19-14-25(37)31-21-6-5-16(30)13-18(19)21/h5-6,11-14,22-23,32H,1-4,7-10H2,(H,31,37)(H,33,38)/t22-,23+/m1/s1. The Balaban J connectivity index is 1.46. The maximum absolute atomic E-state index is 14.0. The van der Waals surface area contributed by atoms with Crippen molar-refractivity contribution in [2.75, 3.05) is 18.4 Å². The molecular weight excluding hydrogens is 601 g/mol. The summed E-state index contributed by atoms with van der Waals surface area (Å²) in [6.07, 6.45) is 3.11. The number of Topliss-reactive ketones (excluding diaryl/α,β-unsaturated/α-hetero) is 1. The number of amides is 2. The van der Waals surface area contributed by atoms with E-state index in [2.05, 4.69) is 31.5 Å². The van der Waals surface area contributed by atoms with Gasteiger partial charge in [0.15, 0.2) is 0 Å². The highest BCUT2D eigenvalue weighted by molar-refractivity contribution is 9.10. The third-order valence-corrected chi connectivity index (χ3v) is 8.04. The number of hydrogen-bond donors (Lipinski definition) is 3. The Morgan fingerprint density at radius 1 is 1.02 bits per heavy atom. The number of H-pyrrole nitrogens is 1. The molecule has 11 nitrogen and oxygen atoms in total. The molecule has 2 aromatic carbocycles. The fourth-order valence-electron chi connectivity index (χ4n) is 5.51. The first-order valence-corrected chi connectivity index (χ1v) is 14.1. The number of anilines is 1. The van der Waals surface area contributed by atoms with E-state index in [1.54, 1.807) is 0 Å². The molecule has 0 radical (unpaired) electrons. The van der Waals surface area contributed by atoms with E-state index in [0.717, 1.165) is 18.9 Å². The van der Waals surface area contributed by atoms with E-state index >= 15 is 0 Å². The highest BCUT2D eigenvalue weighted by atomic mass is 79.9. The number of nitrogens with zero attached hydrogens (tertiary/aromatic N) is 2. The SMILES string of the molecule is O=C1CCN(C(=O)c2cc(Br)cc([N+](=O)[O-])c2N[C@@H]2CCCC[C@@H]2NC(=O)c2cc(=O)[nH]c3ccc(F)cc23)CC1. The van der Waals surface area contributed by atoms with Crippen molar-refractivity contribution in [3.63, 3.8) is 0 Å². The van der Waals surface area contributed by atoms with Crippen LogP contribution in [0.1, 0.15) is 59.2 Å². The summed E-state index contributed by atoms with van der Waals surface area (Å²) in [6, 6.07) is 6.71. The number of hydrogen-bond acceptors (Lipinski definition) is 7. The van der Waals surface area contributed by atoms with Crippen molar-refractivity contribution in [2.24, 2.45) is 0 Å². The molecule has 1 aliphatic heterocycles. The van der Waals surface area contributed by atoms with E-state index in [4.69, 9.17) is 0 Å². The van der Waals surface area contributed by atoms with E-state index in [0.29, 0.717) is 22.8 Å². The number of piperidine rings is 1. The first-order chi connectivity index (χ1) is 19.6. The number of rotatable bonds is 6. The van der Waals surface area contributed by atoms with Crippen LogP contribution in [0.2, 0.25) is 0 Å². The van der Waals surface area contributed by atoms with Crippen LogP contribution >= 0.6 is 15.9 Å². The van der Waals surface area contributed by atoms with Crippen molar-refractivity contribution in [3.05, 3.63) is 78.3 Å². The van der Waals surface area contributed by atoms with Gasteiger partial charge in [0.1, 0.15) is 17.3 Å². The Bertz CT molecular complexity index is 1620. The fraction of sp³-hybridized carbons (Fsp3) is 0.357. The zero-order valence-electron chi connectivity index (χ0n) is 21.9. The molecule has 0 bridgehead atoms. The second-order valence-corrected chi connectivity index (χ2v) is 11.2. The summed E-state index contributed by atoms with van der Waals surface area (Å²) in [7, 11) is 0. The number of nitrogens with one attached hydrogen (secondary N) is 3. The van der Waals surface area contributed by atoms with Crippen molar-refractivity contribution in [2.45, 2.75) is 50.6 Å². The maximum Gasteiger partial charge on any atom is 0.294 e. The second kappa shape index (κ2) is 11.8. The molecule has 1 saturated heterocycles. The van der Waals surface area contributed by atoms with Gasteiger partial charge in [-0.3, -0.25) is 29.3 Å². The number of ketones is 1. The second-order valence-electron chi connectivity index (χ2n) is 10.3. The van der Waals surface area contributed by atoms with Crippen LogP contribution in [0.25, 0.3) is 10.9 Å². The van der Waals surface area contributed by atoms with Gasteiger partial charge in [-0.25, -0.2) is 4.39 Å². The van der Waals surface area contributed by atoms with Crippen molar-refractivity contribution in [1.82, 2.24) is 15.2 Å². The molecule has 2 aliphatic rings. The van der Waals surface area contributed by atoms with Crippen LogP contribution in [0.4, 0.5) is 15.8 Å². The smallest absolute Gasteiger partial charge is 0.294 e. The summed E-state index contributed by atoms with van der Waals surface area (Å²) < 4.78 is 14.3. The molecule has 1 saturated carbocycles. The topological polar surface area (TPSA) is 155 Å². The van der Waals surface area contributed by atoms with Crippen LogP contribution in [0, 0.1) is 15.9 Å². The lowest BCUT2D eigenvalue weighted by Crippen LogP contribution is -2.49. The predicted octanol–water partition coefficient (Wildman–Crippen LogP) is 4.30. The number of fused-ring (bicyclic) bond motifs is 1. The summed E-state index contributed by atoms with van der Waals surface area (Å²) >= 11 is 3.27. The molecular formula is C28H27BrFN5O6. The number of carbonyl (C=O) groups excluding carboxylic acids is 3. The molecule has 2 amide bonds. The van der Waals surface area contributed by atoms with Gasteiger partial charge < -0.3 is 20.5 Å². The molecule has 3 aromatic rings. The van der Waals surface area contributed by atoms with E-state index in [1.807, 2.05) is 0 Å². The van der Waals surface area contributed by atoms with Gasteiger partial charge in [0.25, 0.3) is 17.5 Å². The zero-order valence-corrected chi connectivity index (χ0v) is 23.5. The maximum atomic E-state index is 14.0. The van der Waals surface area contributed by atoms with Crippen LogP contribution in [0.5, 0.6) is 0 Å². The average molecular weight is 628 g/mol. The quantitative estimate of drug-likeness (QED) is 0.272. The number of aromatic amines is 1. The van der Waals surface area contributed by atoms with Crippen molar-refractivity contribution in [3.8, 4) is 0 Å². The fourth-order valence-corrected chi connectivity index (χ4v) is 5.95. The Labute approximate surface area is 241 Å². The van der Waals surface area contributed by atoms with Crippen molar-refractivity contribution in [1.29, 1.82) is 0 Å². The van der Waals surface area contributed by atoms with Gasteiger partial charge in [-0.05, 0) is 37.1 Å². The van der Waals surface area contributed by atoms with Crippen LogP contribution in [0.3, 0.4) is 0 Å². The van der Waals surface area contributed by atoms with Gasteiger partial charge in [0.05, 0.1) is 16.1 Å². The summed E-state index contributed by atoms with van der Waals surface area (Å²) in [5, 5.41) is 18.5. The van der Waals surface area contributed by atoms with Gasteiger partial charge in [0.2, 0.25) is 5.56 Å². The average Bonchev–Trinajstić information content (AvgIpc) is 2.94. The van der Waals surface area contributed by atoms with Crippen LogP contribution < -0.4 is 16.2 Å². The largest absolute Gasteiger partial charge is 0.374 e. The van der Waals surface area contributed by atoms with Crippen LogP contribution in [-0.4, -0.2) is 57.6 Å². The molecule has 2 atom stereocenters. The number of benzene rings is 2. The highest BCUT2D eigenvalue weighted by Crippen LogP contribution is 2.36. The molecule has 2 fully saturated rings. The zero-order chi connectivity index (χ0) is 29.3. The third-order valence-electron chi connectivity index (χ3n) is 7.58. The number of likely N-dealkylation sites (tertiary alicyclic amines) is 1. The molecule has 2 heterocycles. The lowest BCUT2D eigenvalue weighted by molar-refractivity contribution is -0.384. The summed E-state index contributed by atoms with van der Waals surface area (Å²) in [5.41, 5.74) is -0.363. The van der Waals surface area contributed by atoms with E-state index in [1.165, 1.54) is 35.2 Å². The molecule has 41 heavy (non-hydrogen) atoms. The molecule has 1 aliphatic carbocycles. The van der Waals surface area contributed by atoms with Gasteiger partial charge in [-0.1, -0.05) is 28.8 Å². The summed E-state index contributed by atoms with van der Waals surface area (Å²) in [6.45, 7) is 0.453. The molecule has 0 unspecified atom stereocenters. The van der Waals surface area contributed by atoms with Gasteiger partial charge in [0, 0.05) is 65.5 Å². The van der Waals surface area contributed by atoms with Crippen molar-refractivity contribution >= 4 is 55.8 Å². The Hall–Kier alpha value is -4.13. The summed E-state index contributed by atoms with van der Waals surface area (Å²) in [5.74, 6) is -1.51. The summed E-state index contributed by atoms with van der Waals surface area (Å²) in [4.78, 5) is 66.4. The van der Waals surface area contributed by atoms with Crippen LogP contribution in [0.15, 0.2) is 45.7 Å². The lowest BCUT2D eigenvalue weighted by atomic mass is 9.89. The number of pyridine rings is 1. The minimum atomic E-state index is -0.579. The van der Waals surface area contributed by atoms with Gasteiger partial charge in [-0.15, -0.1) is 0 Å². The Morgan fingerprint density at radius 3 is 2.44 bits per heavy atom. The Kier molecular flexibility index (Phi) is 8.15. The number of nitro groups is 1. The lowest BCUT2D eigenvalue weighted by Gasteiger charge is -2.34. The monoisotopic (exact) mass is 627 g/mol. The van der Waals surface area contributed by atoms with E-state index in [-0.39, 0.29) is 59.6 Å². The van der Waals surface area contributed by atoms with Crippen LogP contribution in [-0.2, 0) is 4.79 Å². The first-order valence-electron chi connectivity index (χ1n) is 13.3. The molecule has 214 valence electrons. The van der Waals surface area contributed by atoms with E-state index < -0.39 is 40.2 Å². The number of aromatic nitrogens is 1. The normalized spacial score (nSPS) is 19.2. The first kappa shape index (κ1) is 28.4. The van der Waals surface area contributed by atoms with Crippen molar-refractivity contribution < 1.29 is 23.7 Å². The molecule has 13 heteroatoms. The predicted molar refractivity (Wildman–Crippen MR) is 153 cm³/mol. The Morgan fingerprint density at radius 2 is 1.73 bits per heavy atom. The number of nitro benzene ring substituents is 1. The molecule has 5 rings (SSSR count). The third kappa shape index (κ3) is 6.14. The van der Waals surface area contributed by atoms with Gasteiger partial charge >= 0.3 is 0 Å². The number of halogens is 2. The number of carbonyl (C=O) groups is 3. The van der Waals surface area contributed by atoms with Gasteiger partial charge in [-0.2, -0.15) is 0 Å². The molecule has 1 aromatic heterocycles. The van der Waals surface area contributed by atoms with E-state index in [9.17, 15) is 33.7 Å². The minimum absolute atomic E-state index is 0.0118. The minimum Gasteiger partial charge on any atom is -0.374 e. The molecule has 3 N–H and O–H groups in total. The molecule has 0 spiro atoms. The highest BCUT2D eigenvalue weighted by Gasteiger charge is 2.33.